The fourth-order valence-electron chi connectivity index (χ4n) is 2.38. The number of non-ortho nitro benzene ring substituents is 1. The molecule has 1 fully saturated rings. The first-order chi connectivity index (χ1) is 10.8. The van der Waals surface area contributed by atoms with E-state index in [1.165, 1.54) is 12.1 Å². The van der Waals surface area contributed by atoms with E-state index in [1.807, 2.05) is 0 Å². The highest BCUT2D eigenvalue weighted by Gasteiger charge is 2.29. The molecule has 1 N–H and O–H groups in total. The van der Waals surface area contributed by atoms with E-state index in [-0.39, 0.29) is 35.4 Å². The molecule has 1 aliphatic rings. The number of amides is 1. The number of benzene rings is 1. The van der Waals surface area contributed by atoms with Gasteiger partial charge in [0.25, 0.3) is 5.69 Å². The van der Waals surface area contributed by atoms with Gasteiger partial charge in [0.15, 0.2) is 9.84 Å². The molecule has 2 rings (SSSR count). The molecule has 1 heterocycles. The van der Waals surface area contributed by atoms with Gasteiger partial charge >= 0.3 is 0 Å². The largest absolute Gasteiger partial charge is 0.273 e. The molecule has 8 nitrogen and oxygen atoms in total. The maximum Gasteiger partial charge on any atom is 0.269 e. The van der Waals surface area contributed by atoms with E-state index in [1.54, 1.807) is 19.1 Å². The second-order valence-electron chi connectivity index (χ2n) is 5.51. The van der Waals surface area contributed by atoms with E-state index in [0.29, 0.717) is 17.7 Å². The van der Waals surface area contributed by atoms with E-state index < -0.39 is 14.8 Å². The van der Waals surface area contributed by atoms with Crippen molar-refractivity contribution in [2.24, 2.45) is 11.0 Å². The molecule has 9 heteroatoms. The predicted octanol–water partition coefficient (Wildman–Crippen LogP) is 1.26. The second kappa shape index (κ2) is 6.86. The quantitative estimate of drug-likeness (QED) is 0.492. The van der Waals surface area contributed by atoms with Crippen LogP contribution in [0.2, 0.25) is 0 Å². The number of nitrogens with zero attached hydrogens (tertiary/aromatic N) is 2. The topological polar surface area (TPSA) is 119 Å². The van der Waals surface area contributed by atoms with Gasteiger partial charge < -0.3 is 0 Å². The van der Waals surface area contributed by atoms with Gasteiger partial charge in [-0.15, -0.1) is 0 Å². The van der Waals surface area contributed by atoms with Gasteiger partial charge in [0, 0.05) is 18.6 Å². The fraction of sp³-hybridized carbons (Fsp3) is 0.429. The van der Waals surface area contributed by atoms with Crippen molar-refractivity contribution < 1.29 is 18.1 Å². The van der Waals surface area contributed by atoms with Gasteiger partial charge in [0.1, 0.15) is 0 Å². The Morgan fingerprint density at radius 3 is 2.57 bits per heavy atom. The molecular weight excluding hydrogens is 322 g/mol. The number of rotatable bonds is 5. The molecule has 0 bridgehead atoms. The summed E-state index contributed by atoms with van der Waals surface area (Å²) in [6.45, 7) is 1.67. The van der Waals surface area contributed by atoms with Crippen LogP contribution in [0.1, 0.15) is 25.3 Å². The third kappa shape index (κ3) is 4.85. The Hall–Kier alpha value is -2.29. The van der Waals surface area contributed by atoms with Crippen LogP contribution >= 0.6 is 0 Å². The molecule has 0 spiro atoms. The van der Waals surface area contributed by atoms with Gasteiger partial charge in [-0.25, -0.2) is 13.8 Å². The van der Waals surface area contributed by atoms with Crippen LogP contribution < -0.4 is 5.43 Å². The molecular formula is C14H17N3O5S. The number of sulfone groups is 1. The molecule has 0 radical (unpaired) electrons. The highest BCUT2D eigenvalue weighted by molar-refractivity contribution is 7.91. The number of carbonyl (C=O) groups is 1. The molecule has 1 atom stereocenters. The summed E-state index contributed by atoms with van der Waals surface area (Å²) in [6, 6.07) is 5.82. The zero-order valence-electron chi connectivity index (χ0n) is 12.6. The number of nitro groups is 1. The zero-order valence-corrected chi connectivity index (χ0v) is 13.4. The van der Waals surface area contributed by atoms with Crippen LogP contribution in [0.3, 0.4) is 0 Å². The lowest BCUT2D eigenvalue weighted by Gasteiger charge is -2.06. The summed E-state index contributed by atoms with van der Waals surface area (Å²) in [5, 5.41) is 14.5. The number of carbonyl (C=O) groups excluding carboxylic acids is 1. The van der Waals surface area contributed by atoms with Crippen molar-refractivity contribution in [2.45, 2.75) is 19.8 Å². The van der Waals surface area contributed by atoms with Crippen molar-refractivity contribution in [2.75, 3.05) is 11.5 Å². The first kappa shape index (κ1) is 17.1. The van der Waals surface area contributed by atoms with E-state index in [0.717, 1.165) is 0 Å². The molecule has 1 amide bonds. The minimum Gasteiger partial charge on any atom is -0.273 e. The van der Waals surface area contributed by atoms with E-state index in [2.05, 4.69) is 10.5 Å². The van der Waals surface area contributed by atoms with Gasteiger partial charge in [0.05, 0.1) is 22.1 Å². The van der Waals surface area contributed by atoms with Gasteiger partial charge in [-0.2, -0.15) is 5.10 Å². The summed E-state index contributed by atoms with van der Waals surface area (Å²) in [5.41, 5.74) is 3.53. The van der Waals surface area contributed by atoms with Crippen molar-refractivity contribution in [1.29, 1.82) is 0 Å². The maximum absolute atomic E-state index is 11.8. The van der Waals surface area contributed by atoms with Gasteiger partial charge in [0.2, 0.25) is 5.91 Å². The Kier molecular flexibility index (Phi) is 5.09. The average Bonchev–Trinajstić information content (AvgIpc) is 2.83. The Morgan fingerprint density at radius 1 is 1.39 bits per heavy atom. The van der Waals surface area contributed by atoms with E-state index in [9.17, 15) is 23.3 Å². The van der Waals surface area contributed by atoms with Crippen molar-refractivity contribution in [3.8, 4) is 0 Å². The highest BCUT2D eigenvalue weighted by Crippen LogP contribution is 2.21. The van der Waals surface area contributed by atoms with Crippen LogP contribution in [0.5, 0.6) is 0 Å². The standard InChI is InChI=1S/C14H17N3O5S/c1-10(12-2-4-13(5-3-12)17(19)20)15-16-14(18)8-11-6-7-23(21,22)9-11/h2-5,11H,6-9H2,1H3,(H,16,18)/b15-10-/t11-/m1/s1. The number of hydrazone groups is 1. The maximum atomic E-state index is 11.8. The first-order valence-electron chi connectivity index (χ1n) is 7.05. The summed E-state index contributed by atoms with van der Waals surface area (Å²) in [4.78, 5) is 21.9. The molecule has 23 heavy (non-hydrogen) atoms. The number of hydrogen-bond acceptors (Lipinski definition) is 6. The second-order valence-corrected chi connectivity index (χ2v) is 7.74. The van der Waals surface area contributed by atoms with E-state index in [4.69, 9.17) is 0 Å². The summed E-state index contributed by atoms with van der Waals surface area (Å²) < 4.78 is 22.7. The molecule has 0 unspecified atom stereocenters. The first-order valence-corrected chi connectivity index (χ1v) is 8.87. The van der Waals surface area contributed by atoms with Crippen LogP contribution in [0.4, 0.5) is 5.69 Å². The number of nitro benzene ring substituents is 1. The van der Waals surface area contributed by atoms with Crippen molar-refractivity contribution >= 4 is 27.1 Å². The van der Waals surface area contributed by atoms with Gasteiger partial charge in [-0.3, -0.25) is 14.9 Å². The van der Waals surface area contributed by atoms with Crippen molar-refractivity contribution in [3.63, 3.8) is 0 Å². The lowest BCUT2D eigenvalue weighted by molar-refractivity contribution is -0.384. The molecule has 0 aliphatic carbocycles. The van der Waals surface area contributed by atoms with E-state index >= 15 is 0 Å². The van der Waals surface area contributed by atoms with Crippen LogP contribution in [0.25, 0.3) is 0 Å². The fourth-order valence-corrected chi connectivity index (χ4v) is 4.24. The highest BCUT2D eigenvalue weighted by atomic mass is 32.2. The Balaban J connectivity index is 1.91. The summed E-state index contributed by atoms with van der Waals surface area (Å²) in [6.07, 6.45) is 0.622. The van der Waals surface area contributed by atoms with Gasteiger partial charge in [-0.05, 0) is 37.0 Å². The lowest BCUT2D eigenvalue weighted by Crippen LogP contribution is -2.22. The molecule has 1 aliphatic heterocycles. The smallest absolute Gasteiger partial charge is 0.269 e. The average molecular weight is 339 g/mol. The zero-order chi connectivity index (χ0) is 17.0. The predicted molar refractivity (Wildman–Crippen MR) is 84.8 cm³/mol. The molecule has 1 saturated heterocycles. The molecule has 1 aromatic carbocycles. The minimum absolute atomic E-state index is 0.0203. The Bertz CT molecular complexity index is 740. The SMILES string of the molecule is C/C(=N/NC(=O)C[C@H]1CCS(=O)(=O)C1)c1ccc([N+](=O)[O-])cc1. The Labute approximate surface area is 133 Å². The van der Waals surface area contributed by atoms with Gasteiger partial charge in [-0.1, -0.05) is 0 Å². The molecule has 1 aromatic rings. The number of nitrogens with one attached hydrogen (secondary N) is 1. The number of hydrogen-bond donors (Lipinski definition) is 1. The summed E-state index contributed by atoms with van der Waals surface area (Å²) in [7, 11) is -3.00. The van der Waals surface area contributed by atoms with Crippen LogP contribution in [0, 0.1) is 16.0 Å². The van der Waals surface area contributed by atoms with Crippen molar-refractivity contribution in [1.82, 2.24) is 5.43 Å². The normalized spacial score (nSPS) is 20.2. The minimum atomic E-state index is -3.00. The third-order valence-electron chi connectivity index (χ3n) is 3.65. The molecule has 0 saturated carbocycles. The summed E-state index contributed by atoms with van der Waals surface area (Å²) in [5.74, 6) is -0.315. The van der Waals surface area contributed by atoms with Crippen LogP contribution in [-0.4, -0.2) is 36.5 Å². The summed E-state index contributed by atoms with van der Waals surface area (Å²) >= 11 is 0. The lowest BCUT2D eigenvalue weighted by atomic mass is 10.1. The molecule has 0 aromatic heterocycles. The van der Waals surface area contributed by atoms with Crippen molar-refractivity contribution in [3.05, 3.63) is 39.9 Å². The monoisotopic (exact) mass is 339 g/mol. The molecule has 124 valence electrons. The van der Waals surface area contributed by atoms with Crippen LogP contribution in [0.15, 0.2) is 29.4 Å². The third-order valence-corrected chi connectivity index (χ3v) is 5.48. The Morgan fingerprint density at radius 2 is 2.04 bits per heavy atom. The van der Waals surface area contributed by atoms with Crippen LogP contribution in [-0.2, 0) is 14.6 Å².